The van der Waals surface area contributed by atoms with Gasteiger partial charge in [0.2, 0.25) is 0 Å². The minimum absolute atomic E-state index is 0.0242. The van der Waals surface area contributed by atoms with Crippen molar-refractivity contribution >= 4 is 0 Å². The molecular weight excluding hydrogens is 252 g/mol. The van der Waals surface area contributed by atoms with Gasteiger partial charge in [-0.05, 0) is 31.5 Å². The second kappa shape index (κ2) is 6.39. The average molecular weight is 272 g/mol. The summed E-state index contributed by atoms with van der Waals surface area (Å²) >= 11 is 0. The fourth-order valence-electron chi connectivity index (χ4n) is 2.21. The molecule has 2 aromatic rings. The third-order valence-electron chi connectivity index (χ3n) is 3.39. The van der Waals surface area contributed by atoms with Crippen LogP contribution in [0.3, 0.4) is 0 Å². The van der Waals surface area contributed by atoms with E-state index in [2.05, 4.69) is 17.2 Å². The van der Waals surface area contributed by atoms with Crippen LogP contribution in [0.2, 0.25) is 0 Å². The van der Waals surface area contributed by atoms with Gasteiger partial charge in [0.25, 0.3) is 0 Å². The van der Waals surface area contributed by atoms with Crippen LogP contribution in [0.1, 0.15) is 37.1 Å². The van der Waals surface area contributed by atoms with Crippen molar-refractivity contribution in [3.05, 3.63) is 53.9 Å². The van der Waals surface area contributed by atoms with Crippen molar-refractivity contribution in [2.75, 3.05) is 7.11 Å². The maximum atomic E-state index is 10.0. The number of pyridine rings is 1. The van der Waals surface area contributed by atoms with Gasteiger partial charge in [0.15, 0.2) is 0 Å². The molecule has 0 aliphatic heterocycles. The highest BCUT2D eigenvalue weighted by atomic mass is 16.5. The summed E-state index contributed by atoms with van der Waals surface area (Å²) in [5, 5.41) is 13.5. The first kappa shape index (κ1) is 14.3. The molecule has 0 spiro atoms. The predicted molar refractivity (Wildman–Crippen MR) is 78.9 cm³/mol. The van der Waals surface area contributed by atoms with Gasteiger partial charge in [0, 0.05) is 36.1 Å². The van der Waals surface area contributed by atoms with Crippen LogP contribution in [0, 0.1) is 0 Å². The van der Waals surface area contributed by atoms with Crippen molar-refractivity contribution in [1.29, 1.82) is 0 Å². The summed E-state index contributed by atoms with van der Waals surface area (Å²) in [6.07, 6.45) is 3.60. The molecule has 0 amide bonds. The zero-order valence-corrected chi connectivity index (χ0v) is 12.0. The van der Waals surface area contributed by atoms with E-state index in [1.165, 1.54) is 0 Å². The van der Waals surface area contributed by atoms with E-state index >= 15 is 0 Å². The van der Waals surface area contributed by atoms with Crippen molar-refractivity contribution in [2.45, 2.75) is 25.9 Å². The molecule has 0 aliphatic rings. The Morgan fingerprint density at radius 1 is 1.20 bits per heavy atom. The van der Waals surface area contributed by atoms with Gasteiger partial charge >= 0.3 is 0 Å². The van der Waals surface area contributed by atoms with Crippen LogP contribution in [-0.4, -0.2) is 17.2 Å². The summed E-state index contributed by atoms with van der Waals surface area (Å²) in [7, 11) is 1.58. The van der Waals surface area contributed by atoms with E-state index in [9.17, 15) is 5.11 Å². The molecular formula is C16H20N2O2. The summed E-state index contributed by atoms with van der Waals surface area (Å²) in [5.41, 5.74) is 1.97. The maximum absolute atomic E-state index is 10.0. The minimum Gasteiger partial charge on any atom is -0.507 e. The second-order valence-corrected chi connectivity index (χ2v) is 4.82. The van der Waals surface area contributed by atoms with Crippen LogP contribution in [0.15, 0.2) is 42.7 Å². The van der Waals surface area contributed by atoms with E-state index in [1.54, 1.807) is 19.4 Å². The van der Waals surface area contributed by atoms with Crippen molar-refractivity contribution in [1.82, 2.24) is 10.3 Å². The molecule has 0 radical (unpaired) electrons. The van der Waals surface area contributed by atoms with E-state index in [-0.39, 0.29) is 17.8 Å². The molecule has 4 heteroatoms. The molecule has 2 rings (SSSR count). The van der Waals surface area contributed by atoms with Crippen LogP contribution in [0.4, 0.5) is 0 Å². The number of phenolic OH excluding ortho intramolecular Hbond substituents is 1. The molecule has 2 N–H and O–H groups in total. The third kappa shape index (κ3) is 3.27. The molecule has 0 saturated heterocycles. The molecule has 2 atom stereocenters. The Hall–Kier alpha value is -2.07. The molecule has 1 heterocycles. The number of nitrogens with one attached hydrogen (secondary N) is 1. The lowest BCUT2D eigenvalue weighted by Gasteiger charge is -2.21. The Morgan fingerprint density at radius 2 is 2.00 bits per heavy atom. The van der Waals surface area contributed by atoms with Crippen LogP contribution in [-0.2, 0) is 0 Å². The highest BCUT2D eigenvalue weighted by Crippen LogP contribution is 2.29. The topological polar surface area (TPSA) is 54.4 Å². The van der Waals surface area contributed by atoms with Crippen LogP contribution in [0.5, 0.6) is 11.5 Å². The Labute approximate surface area is 119 Å². The average Bonchev–Trinajstić information content (AvgIpc) is 2.47. The number of benzene rings is 1. The number of phenols is 1. The highest BCUT2D eigenvalue weighted by Gasteiger charge is 2.14. The van der Waals surface area contributed by atoms with E-state index in [0.29, 0.717) is 5.75 Å². The summed E-state index contributed by atoms with van der Waals surface area (Å²) in [5.74, 6) is 0.890. The lowest BCUT2D eigenvalue weighted by Crippen LogP contribution is -2.22. The Bertz CT molecular complexity index is 558. The number of ether oxygens (including phenoxy) is 1. The van der Waals surface area contributed by atoms with E-state index < -0.39 is 0 Å². The lowest BCUT2D eigenvalue weighted by molar-refractivity contribution is 0.402. The van der Waals surface area contributed by atoms with E-state index in [0.717, 1.165) is 11.1 Å². The molecule has 1 aromatic heterocycles. The molecule has 0 aliphatic carbocycles. The number of hydrogen-bond acceptors (Lipinski definition) is 4. The minimum atomic E-state index is 0.0242. The van der Waals surface area contributed by atoms with Crippen LogP contribution >= 0.6 is 0 Å². The van der Waals surface area contributed by atoms with Crippen molar-refractivity contribution in [3.63, 3.8) is 0 Å². The molecule has 20 heavy (non-hydrogen) atoms. The predicted octanol–water partition coefficient (Wildman–Crippen LogP) is 3.21. The molecule has 1 unspecified atom stereocenters. The zero-order chi connectivity index (χ0) is 14.5. The van der Waals surface area contributed by atoms with Crippen molar-refractivity contribution in [2.24, 2.45) is 0 Å². The SMILES string of the molecule is COc1ccc(C(C)N[C@H](C)c2cccnc2)c(O)c1. The monoisotopic (exact) mass is 272 g/mol. The van der Waals surface area contributed by atoms with E-state index in [4.69, 9.17) is 4.74 Å². The second-order valence-electron chi connectivity index (χ2n) is 4.82. The highest BCUT2D eigenvalue weighted by molar-refractivity contribution is 5.41. The largest absolute Gasteiger partial charge is 0.507 e. The molecule has 4 nitrogen and oxygen atoms in total. The fourth-order valence-corrected chi connectivity index (χ4v) is 2.21. The number of hydrogen-bond donors (Lipinski definition) is 2. The van der Waals surface area contributed by atoms with Crippen LogP contribution in [0.25, 0.3) is 0 Å². The summed E-state index contributed by atoms with van der Waals surface area (Å²) in [6, 6.07) is 9.48. The fraction of sp³-hybridized carbons (Fsp3) is 0.312. The number of methoxy groups -OCH3 is 1. The zero-order valence-electron chi connectivity index (χ0n) is 12.0. The first-order valence-corrected chi connectivity index (χ1v) is 6.64. The summed E-state index contributed by atoms with van der Waals surface area (Å²) in [6.45, 7) is 4.10. The third-order valence-corrected chi connectivity index (χ3v) is 3.39. The smallest absolute Gasteiger partial charge is 0.124 e. The summed E-state index contributed by atoms with van der Waals surface area (Å²) < 4.78 is 5.09. The Kier molecular flexibility index (Phi) is 4.58. The molecule has 0 fully saturated rings. The van der Waals surface area contributed by atoms with Gasteiger partial charge in [-0.15, -0.1) is 0 Å². The Morgan fingerprint density at radius 3 is 2.60 bits per heavy atom. The van der Waals surface area contributed by atoms with Crippen molar-refractivity contribution < 1.29 is 9.84 Å². The first-order valence-electron chi connectivity index (χ1n) is 6.64. The van der Waals surface area contributed by atoms with Gasteiger partial charge in [-0.3, -0.25) is 4.98 Å². The Balaban J connectivity index is 2.10. The normalized spacial score (nSPS) is 13.8. The molecule has 0 bridgehead atoms. The van der Waals surface area contributed by atoms with Crippen LogP contribution < -0.4 is 10.1 Å². The van der Waals surface area contributed by atoms with Gasteiger partial charge in [-0.25, -0.2) is 0 Å². The quantitative estimate of drug-likeness (QED) is 0.877. The molecule has 1 aromatic carbocycles. The van der Waals surface area contributed by atoms with E-state index in [1.807, 2.05) is 37.4 Å². The lowest BCUT2D eigenvalue weighted by atomic mass is 10.0. The number of aromatic nitrogens is 1. The standard InChI is InChI=1S/C16H20N2O2/c1-11(13-5-4-8-17-10-13)18-12(2)15-7-6-14(20-3)9-16(15)19/h4-12,18-19H,1-3H3/t11-,12?/m1/s1. The number of aromatic hydroxyl groups is 1. The maximum Gasteiger partial charge on any atom is 0.124 e. The molecule has 0 saturated carbocycles. The van der Waals surface area contributed by atoms with Gasteiger partial charge in [-0.2, -0.15) is 0 Å². The van der Waals surface area contributed by atoms with Gasteiger partial charge in [-0.1, -0.05) is 12.1 Å². The number of nitrogens with zero attached hydrogens (tertiary/aromatic N) is 1. The first-order chi connectivity index (χ1) is 9.61. The van der Waals surface area contributed by atoms with Gasteiger partial charge in [0.1, 0.15) is 11.5 Å². The van der Waals surface area contributed by atoms with Crippen molar-refractivity contribution in [3.8, 4) is 11.5 Å². The number of rotatable bonds is 5. The van der Waals surface area contributed by atoms with Gasteiger partial charge in [0.05, 0.1) is 7.11 Å². The van der Waals surface area contributed by atoms with Gasteiger partial charge < -0.3 is 15.2 Å². The molecule has 106 valence electrons. The summed E-state index contributed by atoms with van der Waals surface area (Å²) in [4.78, 5) is 4.12.